The van der Waals surface area contributed by atoms with Crippen molar-refractivity contribution in [3.05, 3.63) is 30.1 Å². The Morgan fingerprint density at radius 2 is 1.87 bits per heavy atom. The monoisotopic (exact) mass is 231 g/mol. The topological polar surface area (TPSA) is 60.2 Å². The first-order valence-corrected chi connectivity index (χ1v) is 6.00. The molecule has 1 aromatic carbocycles. The molecule has 0 amide bonds. The first kappa shape index (κ1) is 12.1. The van der Waals surface area contributed by atoms with Crippen LogP contribution >= 0.6 is 0 Å². The Bertz CT molecular complexity index is 454. The lowest BCUT2D eigenvalue weighted by Crippen LogP contribution is -2.40. The van der Waals surface area contributed by atoms with Gasteiger partial charge in [-0.25, -0.2) is 12.8 Å². The normalized spacial score (nSPS) is 12.8. The average Bonchev–Trinajstić information content (AvgIpc) is 2.18. The van der Waals surface area contributed by atoms with E-state index in [4.69, 9.17) is 5.73 Å². The summed E-state index contributed by atoms with van der Waals surface area (Å²) in [6.45, 7) is 2.91. The van der Waals surface area contributed by atoms with Gasteiger partial charge in [-0.05, 0) is 26.0 Å². The Morgan fingerprint density at radius 1 is 1.33 bits per heavy atom. The molecule has 0 radical (unpaired) electrons. The third kappa shape index (κ3) is 2.03. The van der Waals surface area contributed by atoms with Crippen molar-refractivity contribution in [2.45, 2.75) is 23.5 Å². The summed E-state index contributed by atoms with van der Waals surface area (Å²) >= 11 is 0. The van der Waals surface area contributed by atoms with Crippen LogP contribution in [0.1, 0.15) is 13.8 Å². The molecular weight excluding hydrogens is 217 g/mol. The van der Waals surface area contributed by atoms with Gasteiger partial charge < -0.3 is 5.73 Å². The molecule has 1 rings (SSSR count). The van der Waals surface area contributed by atoms with Gasteiger partial charge in [-0.3, -0.25) is 0 Å². The molecule has 1 aromatic rings. The summed E-state index contributed by atoms with van der Waals surface area (Å²) in [5.74, 6) is -0.737. The minimum atomic E-state index is -3.72. The SMILES string of the molecule is CC(C)(CN)S(=O)(=O)c1ccccc1F. The van der Waals surface area contributed by atoms with Crippen LogP contribution in [0, 0.1) is 5.82 Å². The van der Waals surface area contributed by atoms with E-state index in [1.165, 1.54) is 32.0 Å². The lowest BCUT2D eigenvalue weighted by molar-refractivity contribution is 0.532. The summed E-state index contributed by atoms with van der Waals surface area (Å²) in [4.78, 5) is -0.291. The number of hydrogen-bond acceptors (Lipinski definition) is 3. The van der Waals surface area contributed by atoms with Gasteiger partial charge in [0, 0.05) is 6.54 Å². The Balaban J connectivity index is 3.37. The number of nitrogens with two attached hydrogens (primary N) is 1. The summed E-state index contributed by atoms with van der Waals surface area (Å²) in [5.41, 5.74) is 5.38. The summed E-state index contributed by atoms with van der Waals surface area (Å²) in [5, 5.41) is 0. The molecule has 2 N–H and O–H groups in total. The fraction of sp³-hybridized carbons (Fsp3) is 0.400. The van der Waals surface area contributed by atoms with E-state index in [2.05, 4.69) is 0 Å². The van der Waals surface area contributed by atoms with Gasteiger partial charge in [0.15, 0.2) is 9.84 Å². The Kier molecular flexibility index (Phi) is 3.16. The fourth-order valence-electron chi connectivity index (χ4n) is 1.07. The van der Waals surface area contributed by atoms with Gasteiger partial charge >= 0.3 is 0 Å². The van der Waals surface area contributed by atoms with Crippen molar-refractivity contribution in [2.75, 3.05) is 6.54 Å². The van der Waals surface area contributed by atoms with Crippen LogP contribution in [0.15, 0.2) is 29.2 Å². The Labute approximate surface area is 89.0 Å². The minimum Gasteiger partial charge on any atom is -0.329 e. The molecule has 0 aliphatic heterocycles. The Morgan fingerprint density at radius 3 is 2.33 bits per heavy atom. The number of sulfone groups is 1. The zero-order valence-corrected chi connectivity index (χ0v) is 9.51. The number of rotatable bonds is 3. The lowest BCUT2D eigenvalue weighted by Gasteiger charge is -2.22. The first-order valence-electron chi connectivity index (χ1n) is 4.52. The second kappa shape index (κ2) is 3.90. The molecule has 0 unspecified atom stereocenters. The summed E-state index contributed by atoms with van der Waals surface area (Å²) in [6, 6.07) is 5.31. The third-order valence-electron chi connectivity index (χ3n) is 2.35. The highest BCUT2D eigenvalue weighted by Crippen LogP contribution is 2.26. The molecule has 0 aromatic heterocycles. The van der Waals surface area contributed by atoms with Crippen molar-refractivity contribution < 1.29 is 12.8 Å². The molecule has 5 heteroatoms. The van der Waals surface area contributed by atoms with Gasteiger partial charge in [0.25, 0.3) is 0 Å². The zero-order chi connectivity index (χ0) is 11.7. The van der Waals surface area contributed by atoms with Crippen LogP contribution in [0.3, 0.4) is 0 Å². The van der Waals surface area contributed by atoms with Gasteiger partial charge in [-0.2, -0.15) is 0 Å². The van der Waals surface area contributed by atoms with Crippen molar-refractivity contribution >= 4 is 9.84 Å². The van der Waals surface area contributed by atoms with E-state index in [1.54, 1.807) is 0 Å². The van der Waals surface area contributed by atoms with Crippen molar-refractivity contribution in [1.82, 2.24) is 0 Å². The predicted molar refractivity (Wildman–Crippen MR) is 56.7 cm³/mol. The molecule has 0 atom stereocenters. The van der Waals surface area contributed by atoms with Crippen LogP contribution in [0.2, 0.25) is 0 Å². The quantitative estimate of drug-likeness (QED) is 0.853. The molecule has 0 saturated heterocycles. The molecule has 0 bridgehead atoms. The molecule has 0 aliphatic rings. The molecule has 0 heterocycles. The van der Waals surface area contributed by atoms with Crippen LogP contribution in [0.5, 0.6) is 0 Å². The average molecular weight is 231 g/mol. The maximum atomic E-state index is 13.3. The minimum absolute atomic E-state index is 0.0519. The maximum Gasteiger partial charge on any atom is 0.187 e. The largest absolute Gasteiger partial charge is 0.329 e. The van der Waals surface area contributed by atoms with Gasteiger partial charge in [-0.1, -0.05) is 12.1 Å². The second-order valence-electron chi connectivity index (χ2n) is 3.90. The van der Waals surface area contributed by atoms with E-state index in [1.807, 2.05) is 0 Å². The van der Waals surface area contributed by atoms with Crippen molar-refractivity contribution in [3.8, 4) is 0 Å². The van der Waals surface area contributed by atoms with E-state index < -0.39 is 20.4 Å². The molecule has 84 valence electrons. The number of halogens is 1. The zero-order valence-electron chi connectivity index (χ0n) is 8.70. The van der Waals surface area contributed by atoms with Gasteiger partial charge in [0.05, 0.1) is 4.75 Å². The summed E-state index contributed by atoms with van der Waals surface area (Å²) in [7, 11) is -3.72. The summed E-state index contributed by atoms with van der Waals surface area (Å²) in [6.07, 6.45) is 0. The van der Waals surface area contributed by atoms with Gasteiger partial charge in [0.1, 0.15) is 10.7 Å². The van der Waals surface area contributed by atoms with Crippen LogP contribution in [0.25, 0.3) is 0 Å². The van der Waals surface area contributed by atoms with Crippen molar-refractivity contribution in [2.24, 2.45) is 5.73 Å². The van der Waals surface area contributed by atoms with E-state index in [9.17, 15) is 12.8 Å². The predicted octanol–water partition coefficient (Wildman–Crippen LogP) is 1.34. The molecule has 0 spiro atoms. The highest BCUT2D eigenvalue weighted by Gasteiger charge is 2.36. The standard InChI is InChI=1S/C10H14FNO2S/c1-10(2,7-12)15(13,14)9-6-4-3-5-8(9)11/h3-6H,7,12H2,1-2H3. The first-order chi connectivity index (χ1) is 6.83. The highest BCUT2D eigenvalue weighted by molar-refractivity contribution is 7.92. The van der Waals surface area contributed by atoms with Crippen LogP contribution < -0.4 is 5.73 Å². The fourth-order valence-corrected chi connectivity index (χ4v) is 2.47. The van der Waals surface area contributed by atoms with E-state index in [-0.39, 0.29) is 11.4 Å². The van der Waals surface area contributed by atoms with E-state index in [0.717, 1.165) is 6.07 Å². The molecule has 3 nitrogen and oxygen atoms in total. The molecule has 15 heavy (non-hydrogen) atoms. The van der Waals surface area contributed by atoms with Crippen LogP contribution in [-0.4, -0.2) is 19.7 Å². The van der Waals surface area contributed by atoms with Crippen LogP contribution in [-0.2, 0) is 9.84 Å². The number of benzene rings is 1. The van der Waals surface area contributed by atoms with Crippen molar-refractivity contribution in [1.29, 1.82) is 0 Å². The smallest absolute Gasteiger partial charge is 0.187 e. The molecule has 0 saturated carbocycles. The molecule has 0 aliphatic carbocycles. The lowest BCUT2D eigenvalue weighted by atomic mass is 10.2. The molecule has 0 fully saturated rings. The van der Waals surface area contributed by atoms with E-state index >= 15 is 0 Å². The summed E-state index contributed by atoms with van der Waals surface area (Å²) < 4.78 is 36.1. The van der Waals surface area contributed by atoms with Crippen LogP contribution in [0.4, 0.5) is 4.39 Å². The second-order valence-corrected chi connectivity index (χ2v) is 6.45. The molecular formula is C10H14FNO2S. The number of hydrogen-bond donors (Lipinski definition) is 1. The van der Waals surface area contributed by atoms with Crippen molar-refractivity contribution in [3.63, 3.8) is 0 Å². The maximum absolute atomic E-state index is 13.3. The van der Waals surface area contributed by atoms with E-state index in [0.29, 0.717) is 0 Å². The third-order valence-corrected chi connectivity index (χ3v) is 4.88. The highest BCUT2D eigenvalue weighted by atomic mass is 32.2. The Hall–Kier alpha value is -0.940. The van der Waals surface area contributed by atoms with Gasteiger partial charge in [-0.15, -0.1) is 0 Å². The van der Waals surface area contributed by atoms with Gasteiger partial charge in [0.2, 0.25) is 0 Å².